The molecule has 1 heterocycles. The number of aromatic amines is 1. The van der Waals surface area contributed by atoms with Crippen LogP contribution in [0.15, 0.2) is 84.9 Å². The van der Waals surface area contributed by atoms with E-state index in [1.807, 2.05) is 91.0 Å². The number of nitrogens with one attached hydrogen (secondary N) is 2. The Morgan fingerprint density at radius 3 is 2.30 bits per heavy atom. The van der Waals surface area contributed by atoms with Crippen LogP contribution in [0.5, 0.6) is 0 Å². The van der Waals surface area contributed by atoms with Crippen molar-refractivity contribution in [2.24, 2.45) is 0 Å². The van der Waals surface area contributed by atoms with E-state index in [2.05, 4.69) is 15.3 Å². The molecule has 4 nitrogen and oxygen atoms in total. The molecule has 2 N–H and O–H groups in total. The van der Waals surface area contributed by atoms with Gasteiger partial charge in [0.2, 0.25) is 0 Å². The van der Waals surface area contributed by atoms with Crippen molar-refractivity contribution in [2.75, 3.05) is 0 Å². The van der Waals surface area contributed by atoms with E-state index >= 15 is 0 Å². The van der Waals surface area contributed by atoms with Gasteiger partial charge in [-0.2, -0.15) is 0 Å². The molecule has 0 saturated carbocycles. The Morgan fingerprint density at radius 2 is 1.56 bits per heavy atom. The standard InChI is InChI=1S/C23H19N3O/c27-23(24-16-22-25-20-13-7-8-14-21(20)26-22)19(18-11-5-2-6-12-18)15-17-9-3-1-4-10-17/h1-15H,16H2,(H,24,27)(H,25,26). The lowest BCUT2D eigenvalue weighted by molar-refractivity contribution is -0.115. The van der Waals surface area contributed by atoms with Crippen molar-refractivity contribution in [3.63, 3.8) is 0 Å². The van der Waals surface area contributed by atoms with Gasteiger partial charge in [-0.05, 0) is 29.3 Å². The highest BCUT2D eigenvalue weighted by Gasteiger charge is 2.13. The fourth-order valence-electron chi connectivity index (χ4n) is 2.96. The number of carbonyl (C=O) groups is 1. The molecule has 132 valence electrons. The molecule has 0 radical (unpaired) electrons. The fraction of sp³-hybridized carbons (Fsp3) is 0.0435. The first-order chi connectivity index (χ1) is 13.3. The number of rotatable bonds is 5. The smallest absolute Gasteiger partial charge is 0.252 e. The molecule has 0 aliphatic rings. The fourth-order valence-corrected chi connectivity index (χ4v) is 2.96. The van der Waals surface area contributed by atoms with Crippen LogP contribution in [0.3, 0.4) is 0 Å². The third-order valence-electron chi connectivity index (χ3n) is 4.29. The van der Waals surface area contributed by atoms with Crippen molar-refractivity contribution < 1.29 is 4.79 Å². The summed E-state index contributed by atoms with van der Waals surface area (Å²) >= 11 is 0. The first kappa shape index (κ1) is 16.8. The number of hydrogen-bond acceptors (Lipinski definition) is 2. The van der Waals surface area contributed by atoms with Crippen LogP contribution in [0.1, 0.15) is 17.0 Å². The van der Waals surface area contributed by atoms with E-state index < -0.39 is 0 Å². The summed E-state index contributed by atoms with van der Waals surface area (Å²) in [6.07, 6.45) is 1.91. The van der Waals surface area contributed by atoms with Gasteiger partial charge in [0.15, 0.2) is 0 Å². The lowest BCUT2D eigenvalue weighted by atomic mass is 10.0. The molecule has 0 saturated heterocycles. The third kappa shape index (κ3) is 3.96. The molecule has 0 aliphatic heterocycles. The van der Waals surface area contributed by atoms with Gasteiger partial charge in [-0.15, -0.1) is 0 Å². The summed E-state index contributed by atoms with van der Waals surface area (Å²) in [5, 5.41) is 2.98. The molecule has 4 heteroatoms. The largest absolute Gasteiger partial charge is 0.345 e. The molecule has 0 unspecified atom stereocenters. The van der Waals surface area contributed by atoms with E-state index in [4.69, 9.17) is 0 Å². The van der Waals surface area contributed by atoms with Crippen molar-refractivity contribution in [1.29, 1.82) is 0 Å². The second-order valence-corrected chi connectivity index (χ2v) is 6.22. The summed E-state index contributed by atoms with van der Waals surface area (Å²) in [5.74, 6) is 0.599. The predicted molar refractivity (Wildman–Crippen MR) is 109 cm³/mol. The number of aromatic nitrogens is 2. The molecule has 4 rings (SSSR count). The second-order valence-electron chi connectivity index (χ2n) is 6.22. The Bertz CT molecular complexity index is 1050. The number of imidazole rings is 1. The highest BCUT2D eigenvalue weighted by molar-refractivity contribution is 6.24. The van der Waals surface area contributed by atoms with Gasteiger partial charge in [-0.1, -0.05) is 72.8 Å². The van der Waals surface area contributed by atoms with Gasteiger partial charge < -0.3 is 10.3 Å². The van der Waals surface area contributed by atoms with Crippen molar-refractivity contribution in [2.45, 2.75) is 6.54 Å². The van der Waals surface area contributed by atoms with Gasteiger partial charge in [0.25, 0.3) is 5.91 Å². The van der Waals surface area contributed by atoms with Gasteiger partial charge in [0.05, 0.1) is 17.6 Å². The highest BCUT2D eigenvalue weighted by Crippen LogP contribution is 2.19. The van der Waals surface area contributed by atoms with Crippen molar-refractivity contribution in [3.8, 4) is 0 Å². The van der Waals surface area contributed by atoms with E-state index in [1.54, 1.807) is 0 Å². The molecule has 1 aromatic heterocycles. The summed E-state index contributed by atoms with van der Waals surface area (Å²) in [4.78, 5) is 20.7. The molecule has 1 amide bonds. The first-order valence-corrected chi connectivity index (χ1v) is 8.83. The van der Waals surface area contributed by atoms with E-state index in [0.717, 1.165) is 28.0 Å². The molecule has 0 bridgehead atoms. The van der Waals surface area contributed by atoms with Crippen LogP contribution in [0, 0.1) is 0 Å². The average Bonchev–Trinajstić information content (AvgIpc) is 3.15. The zero-order valence-electron chi connectivity index (χ0n) is 14.7. The van der Waals surface area contributed by atoms with Crippen LogP contribution in [0.4, 0.5) is 0 Å². The van der Waals surface area contributed by atoms with Crippen molar-refractivity contribution >= 4 is 28.6 Å². The van der Waals surface area contributed by atoms with E-state index in [0.29, 0.717) is 12.1 Å². The van der Waals surface area contributed by atoms with Crippen LogP contribution in [-0.2, 0) is 11.3 Å². The first-order valence-electron chi connectivity index (χ1n) is 8.83. The molecule has 4 aromatic rings. The van der Waals surface area contributed by atoms with Crippen LogP contribution in [0.25, 0.3) is 22.7 Å². The number of hydrogen-bond donors (Lipinski definition) is 2. The van der Waals surface area contributed by atoms with E-state index in [1.165, 1.54) is 0 Å². The van der Waals surface area contributed by atoms with E-state index in [-0.39, 0.29) is 5.91 Å². The average molecular weight is 353 g/mol. The number of fused-ring (bicyclic) bond motifs is 1. The zero-order valence-corrected chi connectivity index (χ0v) is 14.7. The minimum absolute atomic E-state index is 0.134. The molecular formula is C23H19N3O. The lowest BCUT2D eigenvalue weighted by Gasteiger charge is -2.09. The van der Waals surface area contributed by atoms with Gasteiger partial charge in [-0.25, -0.2) is 4.98 Å². The molecule has 0 atom stereocenters. The van der Waals surface area contributed by atoms with Crippen LogP contribution in [0.2, 0.25) is 0 Å². The lowest BCUT2D eigenvalue weighted by Crippen LogP contribution is -2.24. The third-order valence-corrected chi connectivity index (χ3v) is 4.29. The van der Waals surface area contributed by atoms with E-state index in [9.17, 15) is 4.79 Å². The Hall–Kier alpha value is -3.66. The minimum Gasteiger partial charge on any atom is -0.345 e. The number of nitrogens with zero attached hydrogens (tertiary/aromatic N) is 1. The number of carbonyl (C=O) groups excluding carboxylic acids is 1. The van der Waals surface area contributed by atoms with Gasteiger partial charge in [0, 0.05) is 5.57 Å². The summed E-state index contributed by atoms with van der Waals surface area (Å²) in [7, 11) is 0. The SMILES string of the molecule is O=C(NCc1nc2ccccc2[nH]1)C(=Cc1ccccc1)c1ccccc1. The highest BCUT2D eigenvalue weighted by atomic mass is 16.1. The maximum absolute atomic E-state index is 12.9. The van der Waals surface area contributed by atoms with Gasteiger partial charge in [0.1, 0.15) is 5.82 Å². The topological polar surface area (TPSA) is 57.8 Å². The molecule has 0 fully saturated rings. The summed E-state index contributed by atoms with van der Waals surface area (Å²) in [6, 6.07) is 27.3. The molecule has 27 heavy (non-hydrogen) atoms. The Labute approximate surface area is 157 Å². The monoisotopic (exact) mass is 353 g/mol. The molecule has 0 spiro atoms. The molecule has 3 aromatic carbocycles. The Kier molecular flexibility index (Phi) is 4.79. The number of benzene rings is 3. The number of amides is 1. The Balaban J connectivity index is 1.58. The molecular weight excluding hydrogens is 334 g/mol. The summed E-state index contributed by atoms with van der Waals surface area (Å²) in [6.45, 7) is 0.340. The minimum atomic E-state index is -0.134. The van der Waals surface area contributed by atoms with Gasteiger partial charge in [-0.3, -0.25) is 4.79 Å². The predicted octanol–water partition coefficient (Wildman–Crippen LogP) is 4.42. The van der Waals surface area contributed by atoms with Crippen molar-refractivity contribution in [1.82, 2.24) is 15.3 Å². The zero-order chi connectivity index (χ0) is 18.5. The van der Waals surface area contributed by atoms with Gasteiger partial charge >= 0.3 is 0 Å². The van der Waals surface area contributed by atoms with Crippen LogP contribution >= 0.6 is 0 Å². The second kappa shape index (κ2) is 7.70. The summed E-state index contributed by atoms with van der Waals surface area (Å²) in [5.41, 5.74) is 4.34. The summed E-state index contributed by atoms with van der Waals surface area (Å²) < 4.78 is 0. The van der Waals surface area contributed by atoms with Crippen LogP contribution in [-0.4, -0.2) is 15.9 Å². The number of H-pyrrole nitrogens is 1. The maximum Gasteiger partial charge on any atom is 0.252 e. The Morgan fingerprint density at radius 1 is 0.889 bits per heavy atom. The molecule has 0 aliphatic carbocycles. The maximum atomic E-state index is 12.9. The van der Waals surface area contributed by atoms with Crippen molar-refractivity contribution in [3.05, 3.63) is 102 Å². The number of para-hydroxylation sites is 2. The quantitative estimate of drug-likeness (QED) is 0.412. The van der Waals surface area contributed by atoms with Crippen LogP contribution < -0.4 is 5.32 Å². The normalized spacial score (nSPS) is 11.5.